The summed E-state index contributed by atoms with van der Waals surface area (Å²) in [6.45, 7) is -0.335. The molecule has 0 spiro atoms. The molecule has 0 radical (unpaired) electrons. The Morgan fingerprint density at radius 1 is 1.20 bits per heavy atom. The fraction of sp³-hybridized carbons (Fsp3) is 0.400. The monoisotopic (exact) mass is 534 g/mol. The van der Waals surface area contributed by atoms with E-state index in [0.717, 1.165) is 25.2 Å². The highest BCUT2D eigenvalue weighted by atomic mass is 127. The van der Waals surface area contributed by atoms with Gasteiger partial charge in [-0.1, -0.05) is 6.07 Å². The molecule has 2 saturated carbocycles. The molecule has 4 rings (SSSR count). The number of carbonyl (C=O) groups is 2. The molecular formula is C20H22F3IN4O2. The summed E-state index contributed by atoms with van der Waals surface area (Å²) in [7, 11) is 0. The number of hydrogen-bond acceptors (Lipinski definition) is 4. The average Bonchev–Trinajstić information content (AvgIpc) is 3.61. The van der Waals surface area contributed by atoms with Crippen LogP contribution in [0.15, 0.2) is 30.6 Å². The number of rotatable bonds is 7. The number of aromatic nitrogens is 2. The van der Waals surface area contributed by atoms with Gasteiger partial charge >= 0.3 is 0 Å². The Morgan fingerprint density at radius 3 is 2.43 bits per heavy atom. The minimum absolute atomic E-state index is 0. The molecule has 162 valence electrons. The zero-order chi connectivity index (χ0) is 20.5. The maximum atomic E-state index is 14.3. The molecular weight excluding hydrogens is 512 g/mol. The molecule has 0 aliphatic heterocycles. The van der Waals surface area contributed by atoms with Crippen molar-refractivity contribution < 1.29 is 24.2 Å². The van der Waals surface area contributed by atoms with Crippen LogP contribution in [0.25, 0.3) is 0 Å². The van der Waals surface area contributed by atoms with Crippen LogP contribution in [-0.4, -0.2) is 45.9 Å². The quantitative estimate of drug-likeness (QED) is 0.547. The lowest BCUT2D eigenvalue weighted by molar-refractivity contribution is -0.117. The number of anilines is 1. The molecule has 2 aliphatic carbocycles. The highest BCUT2D eigenvalue weighted by Gasteiger charge is 2.40. The number of carbonyl (C=O) groups excluding carboxylic acids is 2. The number of halogens is 4. The maximum Gasteiger partial charge on any atom is 0.254 e. The van der Waals surface area contributed by atoms with Crippen LogP contribution >= 0.6 is 24.0 Å². The van der Waals surface area contributed by atoms with Gasteiger partial charge in [0, 0.05) is 19.5 Å². The Hall–Kier alpha value is -2.24. The SMILES string of the molecule is I.O=C(CN(C[C@@H]1C[C@@H]1F)C(=O)c1ccc(C2CC2)c(F)c1)Nc1ncc(F)cn1.[HH]. The van der Waals surface area contributed by atoms with E-state index in [1.165, 1.54) is 17.0 Å². The summed E-state index contributed by atoms with van der Waals surface area (Å²) in [6.07, 6.45) is 2.97. The summed E-state index contributed by atoms with van der Waals surface area (Å²) in [6, 6.07) is 4.30. The van der Waals surface area contributed by atoms with Gasteiger partial charge < -0.3 is 4.90 Å². The Balaban J connectivity index is 0.00000171. The Kier molecular flexibility index (Phi) is 6.94. The van der Waals surface area contributed by atoms with Crippen molar-refractivity contribution in [1.82, 2.24) is 14.9 Å². The van der Waals surface area contributed by atoms with Crippen LogP contribution in [0.4, 0.5) is 19.1 Å². The van der Waals surface area contributed by atoms with Crippen LogP contribution in [0.1, 0.15) is 42.5 Å². The molecule has 2 aliphatic rings. The third kappa shape index (κ3) is 5.46. The smallest absolute Gasteiger partial charge is 0.254 e. The second-order valence-electron chi connectivity index (χ2n) is 7.48. The van der Waals surface area contributed by atoms with E-state index in [9.17, 15) is 22.8 Å². The summed E-state index contributed by atoms with van der Waals surface area (Å²) >= 11 is 0. The topological polar surface area (TPSA) is 75.2 Å². The summed E-state index contributed by atoms with van der Waals surface area (Å²) in [4.78, 5) is 33.6. The van der Waals surface area contributed by atoms with Crippen LogP contribution in [0.2, 0.25) is 0 Å². The Bertz CT molecular complexity index is 947. The van der Waals surface area contributed by atoms with E-state index in [4.69, 9.17) is 0 Å². The molecule has 2 amide bonds. The first kappa shape index (κ1) is 22.4. The van der Waals surface area contributed by atoms with Gasteiger partial charge in [-0.05, 0) is 42.9 Å². The van der Waals surface area contributed by atoms with Crippen molar-refractivity contribution >= 4 is 41.7 Å². The van der Waals surface area contributed by atoms with Crippen molar-refractivity contribution in [2.45, 2.75) is 31.4 Å². The van der Waals surface area contributed by atoms with Crippen molar-refractivity contribution in [2.75, 3.05) is 18.4 Å². The van der Waals surface area contributed by atoms with Gasteiger partial charge in [-0.3, -0.25) is 14.9 Å². The molecule has 6 nitrogen and oxygen atoms in total. The standard InChI is InChI=1S/C20H19F3N4O2.HI.H2/c21-14-7-24-20(25-8-14)26-18(28)10-27(9-13-6-16(13)22)19(29)12-3-4-15(11-1-2-11)17(23)5-12;;/h3-5,7-8,11,13,16H,1-2,6,9-10H2,(H,24,25,26,28);2*1H/t13-,16-;;/m0../s1. The lowest BCUT2D eigenvalue weighted by Crippen LogP contribution is -2.39. The summed E-state index contributed by atoms with van der Waals surface area (Å²) in [5, 5.41) is 2.36. The van der Waals surface area contributed by atoms with Crippen molar-refractivity contribution in [1.29, 1.82) is 0 Å². The summed E-state index contributed by atoms with van der Waals surface area (Å²) in [5.41, 5.74) is 0.694. The largest absolute Gasteiger partial charge is 0.329 e. The van der Waals surface area contributed by atoms with Gasteiger partial charge in [-0.2, -0.15) is 0 Å². The number of hydrogen-bond donors (Lipinski definition) is 1. The maximum absolute atomic E-state index is 14.3. The van der Waals surface area contributed by atoms with E-state index in [-0.39, 0.29) is 61.8 Å². The minimum Gasteiger partial charge on any atom is -0.329 e. The van der Waals surface area contributed by atoms with Crippen molar-refractivity contribution in [2.24, 2.45) is 5.92 Å². The molecule has 2 aromatic rings. The zero-order valence-corrected chi connectivity index (χ0v) is 18.2. The number of nitrogens with one attached hydrogen (secondary N) is 1. The first-order valence-corrected chi connectivity index (χ1v) is 9.41. The Labute approximate surface area is 189 Å². The predicted molar refractivity (Wildman–Crippen MR) is 115 cm³/mol. The van der Waals surface area contributed by atoms with Gasteiger partial charge in [-0.15, -0.1) is 24.0 Å². The lowest BCUT2D eigenvalue weighted by atomic mass is 10.1. The molecule has 0 bridgehead atoms. The van der Waals surface area contributed by atoms with Gasteiger partial charge in [0.15, 0.2) is 5.82 Å². The minimum atomic E-state index is -1.01. The van der Waals surface area contributed by atoms with Crippen molar-refractivity contribution in [3.8, 4) is 0 Å². The Morgan fingerprint density at radius 2 is 1.87 bits per heavy atom. The number of nitrogens with zero attached hydrogens (tertiary/aromatic N) is 3. The van der Waals surface area contributed by atoms with Gasteiger partial charge in [0.05, 0.1) is 12.4 Å². The molecule has 2 atom stereocenters. The molecule has 10 heteroatoms. The second-order valence-corrected chi connectivity index (χ2v) is 7.48. The third-order valence-corrected chi connectivity index (χ3v) is 5.05. The number of alkyl halides is 1. The molecule has 1 heterocycles. The third-order valence-electron chi connectivity index (χ3n) is 5.05. The highest BCUT2D eigenvalue weighted by Crippen LogP contribution is 2.41. The zero-order valence-electron chi connectivity index (χ0n) is 15.9. The second kappa shape index (κ2) is 9.27. The van der Waals surface area contributed by atoms with Crippen LogP contribution in [0.5, 0.6) is 0 Å². The van der Waals surface area contributed by atoms with E-state index in [1.807, 2.05) is 0 Å². The van der Waals surface area contributed by atoms with Crippen LogP contribution in [0.3, 0.4) is 0 Å². The molecule has 1 aromatic heterocycles. The number of amides is 2. The predicted octanol–water partition coefficient (Wildman–Crippen LogP) is 3.94. The van der Waals surface area contributed by atoms with Gasteiger partial charge in [0.1, 0.15) is 18.5 Å². The average molecular weight is 534 g/mol. The fourth-order valence-electron chi connectivity index (χ4n) is 3.18. The summed E-state index contributed by atoms with van der Waals surface area (Å²) < 4.78 is 40.6. The first-order valence-electron chi connectivity index (χ1n) is 9.41. The number of benzene rings is 1. The molecule has 0 saturated heterocycles. The normalized spacial score (nSPS) is 19.6. The van der Waals surface area contributed by atoms with E-state index < -0.39 is 29.6 Å². The van der Waals surface area contributed by atoms with E-state index in [1.54, 1.807) is 6.07 Å². The van der Waals surface area contributed by atoms with E-state index in [0.29, 0.717) is 12.0 Å². The first-order chi connectivity index (χ1) is 13.9. The van der Waals surface area contributed by atoms with Crippen molar-refractivity contribution in [3.63, 3.8) is 0 Å². The molecule has 30 heavy (non-hydrogen) atoms. The summed E-state index contributed by atoms with van der Waals surface area (Å²) in [5.74, 6) is -2.52. The van der Waals surface area contributed by atoms with Crippen LogP contribution < -0.4 is 5.32 Å². The molecule has 0 unspecified atom stereocenters. The van der Waals surface area contributed by atoms with Gasteiger partial charge in [0.25, 0.3) is 5.91 Å². The van der Waals surface area contributed by atoms with Crippen LogP contribution in [-0.2, 0) is 4.79 Å². The van der Waals surface area contributed by atoms with E-state index in [2.05, 4.69) is 15.3 Å². The highest BCUT2D eigenvalue weighted by molar-refractivity contribution is 14.0. The fourth-order valence-corrected chi connectivity index (χ4v) is 3.18. The molecule has 1 aromatic carbocycles. The molecule has 2 fully saturated rings. The van der Waals surface area contributed by atoms with Gasteiger partial charge in [-0.25, -0.2) is 23.1 Å². The van der Waals surface area contributed by atoms with Crippen molar-refractivity contribution in [3.05, 3.63) is 53.4 Å². The van der Waals surface area contributed by atoms with Crippen LogP contribution in [0, 0.1) is 17.6 Å². The van der Waals surface area contributed by atoms with Gasteiger partial charge in [0.2, 0.25) is 11.9 Å². The molecule has 1 N–H and O–H groups in total. The lowest BCUT2D eigenvalue weighted by Gasteiger charge is -2.22. The van der Waals surface area contributed by atoms with E-state index >= 15 is 0 Å².